The first kappa shape index (κ1) is 23.1. The number of ether oxygens (including phenoxy) is 3. The summed E-state index contributed by atoms with van der Waals surface area (Å²) in [6, 6.07) is 13.8. The van der Waals surface area contributed by atoms with Crippen molar-refractivity contribution in [2.45, 2.75) is 32.7 Å². The first-order chi connectivity index (χ1) is 15.5. The van der Waals surface area contributed by atoms with Crippen LogP contribution >= 0.6 is 0 Å². The van der Waals surface area contributed by atoms with Crippen LogP contribution in [0, 0.1) is 0 Å². The van der Waals surface area contributed by atoms with Gasteiger partial charge in [-0.15, -0.1) is 0 Å². The Kier molecular flexibility index (Phi) is 8.08. The summed E-state index contributed by atoms with van der Waals surface area (Å²) in [5.41, 5.74) is 0.465. The number of para-hydroxylation sites is 2. The molecule has 1 saturated heterocycles. The Balaban J connectivity index is 1.46. The number of carbonyl (C=O) groups is 3. The normalized spacial score (nSPS) is 13.9. The third kappa shape index (κ3) is 6.47. The van der Waals surface area contributed by atoms with E-state index in [9.17, 15) is 14.4 Å². The van der Waals surface area contributed by atoms with Crippen LogP contribution in [-0.2, 0) is 9.59 Å². The molecule has 2 aromatic rings. The predicted molar refractivity (Wildman–Crippen MR) is 118 cm³/mol. The number of nitrogens with zero attached hydrogens (tertiary/aromatic N) is 1. The van der Waals surface area contributed by atoms with Crippen LogP contribution in [0.25, 0.3) is 0 Å². The number of carbonyl (C=O) groups excluding carboxylic acids is 3. The second-order valence-electron chi connectivity index (χ2n) is 7.42. The number of likely N-dealkylation sites (tertiary alicyclic amines) is 1. The van der Waals surface area contributed by atoms with Gasteiger partial charge in [0.25, 0.3) is 11.8 Å². The van der Waals surface area contributed by atoms with E-state index >= 15 is 0 Å². The average molecular weight is 440 g/mol. The highest BCUT2D eigenvalue weighted by atomic mass is 16.5. The first-order valence-electron chi connectivity index (χ1n) is 10.7. The summed E-state index contributed by atoms with van der Waals surface area (Å²) in [6.45, 7) is 4.66. The maximum Gasteiger partial charge on any atom is 0.308 e. The van der Waals surface area contributed by atoms with E-state index in [0.717, 1.165) is 0 Å². The van der Waals surface area contributed by atoms with Crippen LogP contribution in [-0.4, -0.2) is 55.0 Å². The van der Waals surface area contributed by atoms with E-state index in [4.69, 9.17) is 14.2 Å². The zero-order chi connectivity index (χ0) is 22.9. The van der Waals surface area contributed by atoms with Crippen LogP contribution in [0.5, 0.6) is 17.2 Å². The van der Waals surface area contributed by atoms with Gasteiger partial charge in [0.2, 0.25) is 0 Å². The Morgan fingerprint density at radius 1 is 1.00 bits per heavy atom. The van der Waals surface area contributed by atoms with Crippen molar-refractivity contribution in [1.29, 1.82) is 0 Å². The van der Waals surface area contributed by atoms with Gasteiger partial charge in [0.05, 0.1) is 6.61 Å². The van der Waals surface area contributed by atoms with Crippen LogP contribution in [0.15, 0.2) is 48.5 Å². The molecule has 1 N–H and O–H groups in total. The molecule has 2 amide bonds. The number of nitrogens with one attached hydrogen (secondary N) is 1. The van der Waals surface area contributed by atoms with E-state index in [1.54, 1.807) is 41.3 Å². The van der Waals surface area contributed by atoms with Crippen molar-refractivity contribution < 1.29 is 28.6 Å². The quantitative estimate of drug-likeness (QED) is 0.501. The number of hydrogen-bond donors (Lipinski definition) is 1. The number of amides is 2. The Hall–Kier alpha value is -3.55. The summed E-state index contributed by atoms with van der Waals surface area (Å²) in [7, 11) is 0. The third-order valence-electron chi connectivity index (χ3n) is 5.00. The Morgan fingerprint density at radius 2 is 1.69 bits per heavy atom. The molecule has 32 heavy (non-hydrogen) atoms. The van der Waals surface area contributed by atoms with E-state index in [1.165, 1.54) is 6.92 Å². The summed E-state index contributed by atoms with van der Waals surface area (Å²) in [4.78, 5) is 38.0. The SMILES string of the molecule is CCOc1ccccc1OCC(=O)NC1CCN(C(=O)c2cccc(OC(C)=O)c2)CC1. The molecular weight excluding hydrogens is 412 g/mol. The molecule has 8 nitrogen and oxygen atoms in total. The summed E-state index contributed by atoms with van der Waals surface area (Å²) in [6.07, 6.45) is 1.30. The minimum absolute atomic E-state index is 0.0235. The monoisotopic (exact) mass is 440 g/mol. The van der Waals surface area contributed by atoms with Crippen molar-refractivity contribution in [3.8, 4) is 17.2 Å². The van der Waals surface area contributed by atoms with Crippen molar-refractivity contribution in [1.82, 2.24) is 10.2 Å². The highest BCUT2D eigenvalue weighted by Crippen LogP contribution is 2.26. The van der Waals surface area contributed by atoms with Crippen molar-refractivity contribution in [2.24, 2.45) is 0 Å². The topological polar surface area (TPSA) is 94.2 Å². The highest BCUT2D eigenvalue weighted by molar-refractivity contribution is 5.94. The fourth-order valence-electron chi connectivity index (χ4n) is 3.52. The van der Waals surface area contributed by atoms with E-state index in [-0.39, 0.29) is 24.5 Å². The molecule has 0 atom stereocenters. The minimum atomic E-state index is -0.434. The van der Waals surface area contributed by atoms with E-state index < -0.39 is 5.97 Å². The summed E-state index contributed by atoms with van der Waals surface area (Å²) in [5.74, 6) is 0.705. The molecule has 0 aromatic heterocycles. The van der Waals surface area contributed by atoms with Gasteiger partial charge in [0.15, 0.2) is 18.1 Å². The maximum absolute atomic E-state index is 12.8. The highest BCUT2D eigenvalue weighted by Gasteiger charge is 2.25. The summed E-state index contributed by atoms with van der Waals surface area (Å²) >= 11 is 0. The molecule has 2 aromatic carbocycles. The largest absolute Gasteiger partial charge is 0.490 e. The molecule has 1 heterocycles. The molecule has 1 aliphatic heterocycles. The van der Waals surface area contributed by atoms with Gasteiger partial charge in [-0.05, 0) is 50.1 Å². The number of benzene rings is 2. The van der Waals surface area contributed by atoms with Gasteiger partial charge in [0, 0.05) is 31.6 Å². The van der Waals surface area contributed by atoms with E-state index in [0.29, 0.717) is 55.4 Å². The van der Waals surface area contributed by atoms with Crippen LogP contribution in [0.1, 0.15) is 37.0 Å². The second kappa shape index (κ2) is 11.2. The molecule has 0 unspecified atom stereocenters. The molecule has 8 heteroatoms. The number of esters is 1. The molecule has 0 saturated carbocycles. The number of hydrogen-bond acceptors (Lipinski definition) is 6. The fraction of sp³-hybridized carbons (Fsp3) is 0.375. The standard InChI is InChI=1S/C24H28N2O6/c1-3-30-21-9-4-5-10-22(21)31-16-23(28)25-19-11-13-26(14-12-19)24(29)18-7-6-8-20(15-18)32-17(2)27/h4-10,15,19H,3,11-14,16H2,1-2H3,(H,25,28). The first-order valence-corrected chi connectivity index (χ1v) is 10.7. The molecule has 0 radical (unpaired) electrons. The zero-order valence-corrected chi connectivity index (χ0v) is 18.3. The van der Waals surface area contributed by atoms with Gasteiger partial charge in [-0.2, -0.15) is 0 Å². The second-order valence-corrected chi connectivity index (χ2v) is 7.42. The molecule has 1 fully saturated rings. The van der Waals surface area contributed by atoms with Gasteiger partial charge in [-0.3, -0.25) is 14.4 Å². The van der Waals surface area contributed by atoms with Gasteiger partial charge >= 0.3 is 5.97 Å². The number of rotatable bonds is 8. The third-order valence-corrected chi connectivity index (χ3v) is 5.00. The lowest BCUT2D eigenvalue weighted by molar-refractivity contribution is -0.132. The van der Waals surface area contributed by atoms with E-state index in [2.05, 4.69) is 5.32 Å². The van der Waals surface area contributed by atoms with Crippen LogP contribution in [0.2, 0.25) is 0 Å². The zero-order valence-electron chi connectivity index (χ0n) is 18.3. The maximum atomic E-state index is 12.8. The molecular formula is C24H28N2O6. The van der Waals surface area contributed by atoms with Crippen LogP contribution in [0.3, 0.4) is 0 Å². The lowest BCUT2D eigenvalue weighted by Crippen LogP contribution is -2.47. The van der Waals surface area contributed by atoms with Gasteiger partial charge < -0.3 is 24.4 Å². The lowest BCUT2D eigenvalue weighted by atomic mass is 10.0. The van der Waals surface area contributed by atoms with Crippen molar-refractivity contribution >= 4 is 17.8 Å². The van der Waals surface area contributed by atoms with Crippen LogP contribution in [0.4, 0.5) is 0 Å². The fourth-order valence-corrected chi connectivity index (χ4v) is 3.52. The summed E-state index contributed by atoms with van der Waals surface area (Å²) in [5, 5.41) is 2.97. The minimum Gasteiger partial charge on any atom is -0.490 e. The van der Waals surface area contributed by atoms with Gasteiger partial charge in [0.1, 0.15) is 5.75 Å². The van der Waals surface area contributed by atoms with Crippen molar-refractivity contribution in [3.63, 3.8) is 0 Å². The van der Waals surface area contributed by atoms with E-state index in [1.807, 2.05) is 19.1 Å². The lowest BCUT2D eigenvalue weighted by Gasteiger charge is -2.32. The Morgan fingerprint density at radius 3 is 2.34 bits per heavy atom. The van der Waals surface area contributed by atoms with Crippen molar-refractivity contribution in [2.75, 3.05) is 26.3 Å². The summed E-state index contributed by atoms with van der Waals surface area (Å²) < 4.78 is 16.2. The van der Waals surface area contributed by atoms with Crippen molar-refractivity contribution in [3.05, 3.63) is 54.1 Å². The van der Waals surface area contributed by atoms with Gasteiger partial charge in [-0.25, -0.2) is 0 Å². The molecule has 3 rings (SSSR count). The Labute approximate surface area is 187 Å². The average Bonchev–Trinajstić information content (AvgIpc) is 2.78. The smallest absolute Gasteiger partial charge is 0.308 e. The molecule has 1 aliphatic rings. The van der Waals surface area contributed by atoms with Gasteiger partial charge in [-0.1, -0.05) is 18.2 Å². The molecule has 0 bridgehead atoms. The number of piperidine rings is 1. The molecule has 0 spiro atoms. The predicted octanol–water partition coefficient (Wildman–Crippen LogP) is 2.81. The molecule has 170 valence electrons. The molecule has 0 aliphatic carbocycles. The Bertz CT molecular complexity index is 953. The van der Waals surface area contributed by atoms with Crippen LogP contribution < -0.4 is 19.5 Å².